The highest BCUT2D eigenvalue weighted by Crippen LogP contribution is 2.30. The summed E-state index contributed by atoms with van der Waals surface area (Å²) < 4.78 is 29.0. The number of nitrogens with one attached hydrogen (secondary N) is 2. The molecule has 0 fully saturated rings. The number of sulfonamides is 1. The van der Waals surface area contributed by atoms with Crippen molar-refractivity contribution in [2.75, 3.05) is 7.05 Å². The molecule has 0 atom stereocenters. The summed E-state index contributed by atoms with van der Waals surface area (Å²) in [4.78, 5) is 12.6. The minimum absolute atomic E-state index is 0.145. The molecule has 1 heterocycles. The normalized spacial score (nSPS) is 11.7. The van der Waals surface area contributed by atoms with Gasteiger partial charge in [0.05, 0.1) is 4.90 Å². The molecule has 2 aromatic carbocycles. The van der Waals surface area contributed by atoms with E-state index in [1.54, 1.807) is 18.2 Å². The van der Waals surface area contributed by atoms with Gasteiger partial charge in [0.2, 0.25) is 15.9 Å². The summed E-state index contributed by atoms with van der Waals surface area (Å²) in [5, 5.41) is 3.92. The van der Waals surface area contributed by atoms with Crippen molar-refractivity contribution < 1.29 is 13.2 Å². The third kappa shape index (κ3) is 4.07. The van der Waals surface area contributed by atoms with Crippen LogP contribution >= 0.6 is 15.9 Å². The Balaban J connectivity index is 1.73. The molecule has 0 saturated carbocycles. The molecule has 142 valence electrons. The van der Waals surface area contributed by atoms with E-state index in [0.717, 1.165) is 26.6 Å². The monoisotopic (exact) mass is 449 g/mol. The smallest absolute Gasteiger partial charge is 0.240 e. The molecule has 6 nitrogen and oxygen atoms in total. The number of carbonyl (C=O) groups is 1. The zero-order valence-electron chi connectivity index (χ0n) is 15.0. The Kier molecular flexibility index (Phi) is 5.69. The zero-order valence-corrected chi connectivity index (χ0v) is 17.4. The van der Waals surface area contributed by atoms with Crippen molar-refractivity contribution in [2.45, 2.75) is 24.9 Å². The molecule has 8 heteroatoms. The SMILES string of the molecule is CNS(=O)(=O)c1cccc(CNC(=O)Cn2c(C)c(Br)c3ccccc32)c1. The molecule has 0 aliphatic heterocycles. The predicted octanol–water partition coefficient (Wildman–Crippen LogP) is 2.94. The second-order valence-corrected chi connectivity index (χ2v) is 8.81. The number of benzene rings is 2. The van der Waals surface area contributed by atoms with E-state index in [2.05, 4.69) is 26.0 Å². The summed E-state index contributed by atoms with van der Waals surface area (Å²) in [6.45, 7) is 2.40. The molecule has 1 aromatic heterocycles. The molecule has 0 spiro atoms. The summed E-state index contributed by atoms with van der Waals surface area (Å²) in [5.41, 5.74) is 2.68. The predicted molar refractivity (Wildman–Crippen MR) is 109 cm³/mol. The van der Waals surface area contributed by atoms with E-state index in [1.165, 1.54) is 13.1 Å². The van der Waals surface area contributed by atoms with Crippen LogP contribution in [0.4, 0.5) is 0 Å². The average molecular weight is 450 g/mol. The lowest BCUT2D eigenvalue weighted by atomic mass is 10.2. The zero-order chi connectivity index (χ0) is 19.6. The maximum atomic E-state index is 12.5. The number of halogens is 1. The first-order chi connectivity index (χ1) is 12.8. The molecule has 2 N–H and O–H groups in total. The lowest BCUT2D eigenvalue weighted by molar-refractivity contribution is -0.121. The molecular formula is C19H20BrN3O3S. The number of aromatic nitrogens is 1. The summed E-state index contributed by atoms with van der Waals surface area (Å²) in [6, 6.07) is 14.4. The number of hydrogen-bond acceptors (Lipinski definition) is 3. The van der Waals surface area contributed by atoms with E-state index in [9.17, 15) is 13.2 Å². The largest absolute Gasteiger partial charge is 0.350 e. The van der Waals surface area contributed by atoms with Gasteiger partial charge >= 0.3 is 0 Å². The van der Waals surface area contributed by atoms with Gasteiger partial charge in [-0.25, -0.2) is 13.1 Å². The molecular weight excluding hydrogens is 430 g/mol. The summed E-state index contributed by atoms with van der Waals surface area (Å²) >= 11 is 3.59. The first kappa shape index (κ1) is 19.6. The van der Waals surface area contributed by atoms with Gasteiger partial charge in [-0.1, -0.05) is 30.3 Å². The fourth-order valence-electron chi connectivity index (χ4n) is 2.93. The molecule has 27 heavy (non-hydrogen) atoms. The maximum absolute atomic E-state index is 12.5. The quantitative estimate of drug-likeness (QED) is 0.606. The summed E-state index contributed by atoms with van der Waals surface area (Å²) in [7, 11) is -2.14. The van der Waals surface area contributed by atoms with Gasteiger partial charge in [0.1, 0.15) is 6.54 Å². The highest BCUT2D eigenvalue weighted by Gasteiger charge is 2.15. The maximum Gasteiger partial charge on any atom is 0.240 e. The third-order valence-electron chi connectivity index (χ3n) is 4.42. The molecule has 3 aromatic rings. The second kappa shape index (κ2) is 7.84. The van der Waals surface area contributed by atoms with Crippen LogP contribution < -0.4 is 10.0 Å². The topological polar surface area (TPSA) is 80.2 Å². The van der Waals surface area contributed by atoms with Crippen molar-refractivity contribution in [2.24, 2.45) is 0 Å². The van der Waals surface area contributed by atoms with E-state index in [4.69, 9.17) is 0 Å². The van der Waals surface area contributed by atoms with Crippen molar-refractivity contribution in [3.05, 3.63) is 64.3 Å². The third-order valence-corrected chi connectivity index (χ3v) is 6.84. The van der Waals surface area contributed by atoms with Crippen molar-refractivity contribution in [1.82, 2.24) is 14.6 Å². The van der Waals surface area contributed by atoms with Crippen LogP contribution in [0.2, 0.25) is 0 Å². The molecule has 0 saturated heterocycles. The molecule has 0 aliphatic rings. The molecule has 0 radical (unpaired) electrons. The number of rotatable bonds is 6. The van der Waals surface area contributed by atoms with E-state index in [1.807, 2.05) is 35.8 Å². The van der Waals surface area contributed by atoms with Gasteiger partial charge in [0, 0.05) is 27.6 Å². The number of carbonyl (C=O) groups excluding carboxylic acids is 1. The van der Waals surface area contributed by atoms with Crippen LogP contribution in [0, 0.1) is 6.92 Å². The highest BCUT2D eigenvalue weighted by molar-refractivity contribution is 9.10. The minimum atomic E-state index is -3.51. The van der Waals surface area contributed by atoms with Crippen molar-refractivity contribution >= 4 is 42.8 Å². The van der Waals surface area contributed by atoms with Crippen LogP contribution in [0.15, 0.2) is 57.9 Å². The van der Waals surface area contributed by atoms with Gasteiger partial charge in [-0.05, 0) is 53.7 Å². The van der Waals surface area contributed by atoms with Gasteiger partial charge in [0.25, 0.3) is 0 Å². The fourth-order valence-corrected chi connectivity index (χ4v) is 4.28. The highest BCUT2D eigenvalue weighted by atomic mass is 79.9. The second-order valence-electron chi connectivity index (χ2n) is 6.13. The van der Waals surface area contributed by atoms with Crippen LogP contribution in [0.5, 0.6) is 0 Å². The number of fused-ring (bicyclic) bond motifs is 1. The molecule has 0 aliphatic carbocycles. The lowest BCUT2D eigenvalue weighted by Gasteiger charge is -2.10. The van der Waals surface area contributed by atoms with Gasteiger partial charge in [-0.3, -0.25) is 4.79 Å². The van der Waals surface area contributed by atoms with Crippen molar-refractivity contribution in [3.63, 3.8) is 0 Å². The van der Waals surface area contributed by atoms with Crippen LogP contribution in [-0.4, -0.2) is 25.9 Å². The van der Waals surface area contributed by atoms with Crippen molar-refractivity contribution in [3.8, 4) is 0 Å². The lowest BCUT2D eigenvalue weighted by Crippen LogP contribution is -2.27. The Morgan fingerprint density at radius 2 is 1.89 bits per heavy atom. The van der Waals surface area contributed by atoms with E-state index < -0.39 is 10.0 Å². The molecule has 1 amide bonds. The fraction of sp³-hybridized carbons (Fsp3) is 0.211. The van der Waals surface area contributed by atoms with Gasteiger partial charge < -0.3 is 9.88 Å². The van der Waals surface area contributed by atoms with Crippen LogP contribution in [0.25, 0.3) is 10.9 Å². The Morgan fingerprint density at radius 1 is 1.15 bits per heavy atom. The summed E-state index contributed by atoms with van der Waals surface area (Å²) in [6.07, 6.45) is 0. The molecule has 3 rings (SSSR count). The van der Waals surface area contributed by atoms with Gasteiger partial charge in [-0.15, -0.1) is 0 Å². The molecule has 0 unspecified atom stereocenters. The van der Waals surface area contributed by atoms with Gasteiger partial charge in [-0.2, -0.15) is 0 Å². The van der Waals surface area contributed by atoms with E-state index in [0.29, 0.717) is 0 Å². The Hall–Kier alpha value is -2.16. The Morgan fingerprint density at radius 3 is 2.63 bits per heavy atom. The first-order valence-electron chi connectivity index (χ1n) is 8.36. The van der Waals surface area contributed by atoms with Crippen LogP contribution in [-0.2, 0) is 27.9 Å². The first-order valence-corrected chi connectivity index (χ1v) is 10.6. The Labute approximate surface area is 166 Å². The number of amides is 1. The van der Waals surface area contributed by atoms with E-state index >= 15 is 0 Å². The van der Waals surface area contributed by atoms with Crippen molar-refractivity contribution in [1.29, 1.82) is 0 Å². The Bertz CT molecular complexity index is 1110. The van der Waals surface area contributed by atoms with Crippen LogP contribution in [0.3, 0.4) is 0 Å². The number of hydrogen-bond donors (Lipinski definition) is 2. The summed E-state index contributed by atoms with van der Waals surface area (Å²) in [5.74, 6) is -0.145. The standard InChI is InChI=1S/C19H20BrN3O3S/c1-13-19(20)16-8-3-4-9-17(16)23(13)12-18(24)22-11-14-6-5-7-15(10-14)27(25,26)21-2/h3-10,21H,11-12H2,1-2H3,(H,22,24). The van der Waals surface area contributed by atoms with Crippen LogP contribution in [0.1, 0.15) is 11.3 Å². The average Bonchev–Trinajstić information content (AvgIpc) is 2.92. The van der Waals surface area contributed by atoms with E-state index in [-0.39, 0.29) is 23.9 Å². The minimum Gasteiger partial charge on any atom is -0.350 e. The molecule has 0 bridgehead atoms. The van der Waals surface area contributed by atoms with Gasteiger partial charge in [0.15, 0.2) is 0 Å². The number of para-hydroxylation sites is 1. The number of nitrogens with zero attached hydrogens (tertiary/aromatic N) is 1.